The predicted molar refractivity (Wildman–Crippen MR) is 90.6 cm³/mol. The summed E-state index contributed by atoms with van der Waals surface area (Å²) in [5.41, 5.74) is 2.40. The fourth-order valence-electron chi connectivity index (χ4n) is 2.78. The molecular weight excluding hydrogens is 322 g/mol. The van der Waals surface area contributed by atoms with Crippen molar-refractivity contribution in [3.63, 3.8) is 0 Å². The second-order valence-corrected chi connectivity index (χ2v) is 5.57. The first-order valence-corrected chi connectivity index (χ1v) is 7.84. The number of ether oxygens (including phenoxy) is 2. The fraction of sp³-hybridized carbons (Fsp3) is 0.211. The first-order chi connectivity index (χ1) is 12.1. The van der Waals surface area contributed by atoms with Crippen LogP contribution in [-0.4, -0.2) is 38.1 Å². The minimum atomic E-state index is -0.661. The number of hydrogen-bond donors (Lipinski definition) is 0. The van der Waals surface area contributed by atoms with Crippen LogP contribution in [0.5, 0.6) is 0 Å². The summed E-state index contributed by atoms with van der Waals surface area (Å²) in [6.07, 6.45) is 0.789. The Morgan fingerprint density at radius 3 is 2.48 bits per heavy atom. The lowest BCUT2D eigenvalue weighted by atomic mass is 10.1. The van der Waals surface area contributed by atoms with Crippen LogP contribution in [-0.2, 0) is 20.7 Å². The number of para-hydroxylation sites is 1. The largest absolute Gasteiger partial charge is 0.465 e. The summed E-state index contributed by atoms with van der Waals surface area (Å²) >= 11 is 0. The fourth-order valence-corrected chi connectivity index (χ4v) is 2.78. The van der Waals surface area contributed by atoms with Gasteiger partial charge in [-0.05, 0) is 36.2 Å². The molecule has 0 bridgehead atoms. The lowest BCUT2D eigenvalue weighted by Gasteiger charge is -2.17. The summed E-state index contributed by atoms with van der Waals surface area (Å²) in [6.45, 7) is 0.225. The molecule has 0 atom stereocenters. The van der Waals surface area contributed by atoms with E-state index in [1.807, 2.05) is 24.3 Å². The van der Waals surface area contributed by atoms with Crippen LogP contribution in [0, 0.1) is 0 Å². The van der Waals surface area contributed by atoms with E-state index in [1.54, 1.807) is 11.0 Å². The highest BCUT2D eigenvalue weighted by Crippen LogP contribution is 2.27. The molecule has 2 aromatic carbocycles. The molecule has 1 aliphatic heterocycles. The maximum atomic E-state index is 12.3. The normalized spacial score (nSPS) is 12.4. The van der Waals surface area contributed by atoms with Crippen molar-refractivity contribution in [2.24, 2.45) is 0 Å². The highest BCUT2D eigenvalue weighted by atomic mass is 16.5. The third-order valence-corrected chi connectivity index (χ3v) is 4.03. The third-order valence-electron chi connectivity index (χ3n) is 4.03. The van der Waals surface area contributed by atoms with Gasteiger partial charge in [-0.25, -0.2) is 9.59 Å². The molecule has 25 heavy (non-hydrogen) atoms. The number of carbonyl (C=O) groups excluding carboxylic acids is 3. The number of hydrogen-bond acceptors (Lipinski definition) is 5. The van der Waals surface area contributed by atoms with Crippen LogP contribution in [0.15, 0.2) is 48.5 Å². The van der Waals surface area contributed by atoms with Gasteiger partial charge in [-0.2, -0.15) is 0 Å². The zero-order valence-corrected chi connectivity index (χ0v) is 13.7. The number of carbonyl (C=O) groups is 3. The first-order valence-electron chi connectivity index (χ1n) is 7.84. The Hall–Kier alpha value is -3.15. The van der Waals surface area contributed by atoms with Gasteiger partial charge in [-0.3, -0.25) is 4.79 Å². The van der Waals surface area contributed by atoms with Gasteiger partial charge in [0.1, 0.15) is 0 Å². The van der Waals surface area contributed by atoms with Crippen LogP contribution >= 0.6 is 0 Å². The van der Waals surface area contributed by atoms with Crippen molar-refractivity contribution in [2.75, 3.05) is 25.2 Å². The van der Waals surface area contributed by atoms with E-state index in [2.05, 4.69) is 4.74 Å². The van der Waals surface area contributed by atoms with E-state index in [-0.39, 0.29) is 23.6 Å². The van der Waals surface area contributed by atoms with Crippen LogP contribution in [0.4, 0.5) is 5.69 Å². The van der Waals surface area contributed by atoms with E-state index in [9.17, 15) is 14.4 Å². The Morgan fingerprint density at radius 2 is 1.72 bits per heavy atom. The van der Waals surface area contributed by atoms with Crippen molar-refractivity contribution in [2.45, 2.75) is 6.42 Å². The Morgan fingerprint density at radius 1 is 1.00 bits per heavy atom. The molecule has 6 heteroatoms. The van der Waals surface area contributed by atoms with Crippen LogP contribution in [0.25, 0.3) is 0 Å². The molecule has 0 aliphatic carbocycles. The van der Waals surface area contributed by atoms with Crippen LogP contribution < -0.4 is 4.90 Å². The molecule has 0 radical (unpaired) electrons. The molecule has 0 N–H and O–H groups in total. The number of anilines is 1. The van der Waals surface area contributed by atoms with Gasteiger partial charge in [0.05, 0.1) is 18.2 Å². The Balaban J connectivity index is 1.63. The summed E-state index contributed by atoms with van der Waals surface area (Å²) in [5.74, 6) is -1.48. The number of amides is 1. The second kappa shape index (κ2) is 7.17. The van der Waals surface area contributed by atoms with Gasteiger partial charge >= 0.3 is 11.9 Å². The number of fused-ring (bicyclic) bond motifs is 1. The maximum Gasteiger partial charge on any atom is 0.338 e. The average Bonchev–Trinajstić information content (AvgIpc) is 3.09. The predicted octanol–water partition coefficient (Wildman–Crippen LogP) is 2.22. The summed E-state index contributed by atoms with van der Waals surface area (Å²) in [7, 11) is 1.26. The Bertz CT molecular complexity index is 830. The molecule has 6 nitrogen and oxygen atoms in total. The minimum Gasteiger partial charge on any atom is -0.465 e. The summed E-state index contributed by atoms with van der Waals surface area (Å²) in [5, 5.41) is 0. The van der Waals surface area contributed by atoms with Crippen LogP contribution in [0.2, 0.25) is 0 Å². The quantitative estimate of drug-likeness (QED) is 0.799. The highest BCUT2D eigenvalue weighted by Gasteiger charge is 2.25. The number of rotatable bonds is 4. The lowest BCUT2D eigenvalue weighted by molar-refractivity contribution is -0.121. The molecule has 2 aromatic rings. The van der Waals surface area contributed by atoms with E-state index < -0.39 is 11.9 Å². The minimum absolute atomic E-state index is 0.192. The van der Waals surface area contributed by atoms with Crippen molar-refractivity contribution in [1.29, 1.82) is 0 Å². The molecule has 0 aromatic heterocycles. The van der Waals surface area contributed by atoms with Crippen LogP contribution in [0.3, 0.4) is 0 Å². The molecule has 1 heterocycles. The molecule has 3 rings (SSSR count). The SMILES string of the molecule is COC(=O)c1cccc(C(=O)OCC(=O)N2CCc3ccccc32)c1. The van der Waals surface area contributed by atoms with Crippen molar-refractivity contribution < 1.29 is 23.9 Å². The molecule has 0 unspecified atom stereocenters. The van der Waals surface area contributed by atoms with Crippen molar-refractivity contribution in [3.05, 3.63) is 65.2 Å². The molecule has 0 saturated heterocycles. The third kappa shape index (κ3) is 3.52. The van der Waals surface area contributed by atoms with E-state index in [4.69, 9.17) is 4.74 Å². The van der Waals surface area contributed by atoms with Gasteiger partial charge in [0, 0.05) is 12.2 Å². The molecule has 0 saturated carbocycles. The van der Waals surface area contributed by atoms with Crippen molar-refractivity contribution in [3.8, 4) is 0 Å². The van der Waals surface area contributed by atoms with Crippen LogP contribution in [0.1, 0.15) is 26.3 Å². The van der Waals surface area contributed by atoms with Gasteiger partial charge < -0.3 is 14.4 Å². The molecule has 1 amide bonds. The molecule has 128 valence electrons. The topological polar surface area (TPSA) is 72.9 Å². The Labute approximate surface area is 145 Å². The molecule has 0 fully saturated rings. The Kier molecular flexibility index (Phi) is 4.79. The smallest absolute Gasteiger partial charge is 0.338 e. The summed E-state index contributed by atoms with van der Waals surface area (Å²) < 4.78 is 9.72. The van der Waals surface area contributed by atoms with E-state index in [0.717, 1.165) is 17.7 Å². The molecule has 1 aliphatic rings. The number of nitrogens with zero attached hydrogens (tertiary/aromatic N) is 1. The zero-order valence-electron chi connectivity index (χ0n) is 13.7. The number of esters is 2. The maximum absolute atomic E-state index is 12.3. The van der Waals surface area contributed by atoms with E-state index in [0.29, 0.717) is 6.54 Å². The van der Waals surface area contributed by atoms with E-state index >= 15 is 0 Å². The molecular formula is C19H17NO5. The average molecular weight is 339 g/mol. The highest BCUT2D eigenvalue weighted by molar-refractivity contribution is 5.99. The van der Waals surface area contributed by atoms with Gasteiger partial charge in [0.15, 0.2) is 6.61 Å². The zero-order chi connectivity index (χ0) is 17.8. The van der Waals surface area contributed by atoms with Gasteiger partial charge in [-0.15, -0.1) is 0 Å². The summed E-state index contributed by atoms with van der Waals surface area (Å²) in [4.78, 5) is 37.6. The van der Waals surface area contributed by atoms with E-state index in [1.165, 1.54) is 25.3 Å². The monoisotopic (exact) mass is 339 g/mol. The lowest BCUT2D eigenvalue weighted by Crippen LogP contribution is -2.33. The number of benzene rings is 2. The van der Waals surface area contributed by atoms with Gasteiger partial charge in [-0.1, -0.05) is 24.3 Å². The van der Waals surface area contributed by atoms with Gasteiger partial charge in [0.25, 0.3) is 5.91 Å². The standard InChI is InChI=1S/C19H17NO5/c1-24-18(22)14-6-4-7-15(11-14)19(23)25-12-17(21)20-10-9-13-5-2-3-8-16(13)20/h2-8,11H,9-10,12H2,1H3. The number of methoxy groups -OCH3 is 1. The summed E-state index contributed by atoms with van der Waals surface area (Å²) in [6, 6.07) is 13.6. The van der Waals surface area contributed by atoms with Crippen molar-refractivity contribution >= 4 is 23.5 Å². The first kappa shape index (κ1) is 16.7. The second-order valence-electron chi connectivity index (χ2n) is 5.57. The molecule has 0 spiro atoms. The van der Waals surface area contributed by atoms with Crippen molar-refractivity contribution in [1.82, 2.24) is 0 Å². The van der Waals surface area contributed by atoms with Gasteiger partial charge in [0.2, 0.25) is 0 Å².